The van der Waals surface area contributed by atoms with E-state index in [2.05, 4.69) is 5.32 Å². The molecule has 3 nitrogen and oxygen atoms in total. The number of nitrogens with zero attached hydrogens (tertiary/aromatic N) is 1. The van der Waals surface area contributed by atoms with E-state index >= 15 is 0 Å². The van der Waals surface area contributed by atoms with Crippen molar-refractivity contribution in [2.24, 2.45) is 0 Å². The molecule has 1 N–H and O–H groups in total. The Morgan fingerprint density at radius 2 is 1.81 bits per heavy atom. The summed E-state index contributed by atoms with van der Waals surface area (Å²) in [5.41, 5.74) is 0.850. The number of rotatable bonds is 2. The third-order valence-electron chi connectivity index (χ3n) is 4.65. The van der Waals surface area contributed by atoms with Gasteiger partial charge in [0.15, 0.2) is 0 Å². The molecule has 114 valence electrons. The molecule has 1 aromatic rings. The number of hydrogen-bond acceptors (Lipinski definition) is 2. The molecule has 0 aromatic heterocycles. The Bertz CT molecular complexity index is 497. The van der Waals surface area contributed by atoms with Gasteiger partial charge in [0.2, 0.25) is 5.91 Å². The first-order valence-electron chi connectivity index (χ1n) is 8.06. The molecule has 4 heteroatoms. The zero-order chi connectivity index (χ0) is 14.7. The Morgan fingerprint density at radius 3 is 2.52 bits per heavy atom. The summed E-state index contributed by atoms with van der Waals surface area (Å²) in [6.45, 7) is 0.359. The van der Waals surface area contributed by atoms with Crippen LogP contribution in [-0.2, 0) is 4.79 Å². The largest absolute Gasteiger partial charge is 0.319 e. The fourth-order valence-electron chi connectivity index (χ4n) is 3.60. The summed E-state index contributed by atoms with van der Waals surface area (Å²) in [6, 6.07) is 6.88. The van der Waals surface area contributed by atoms with Crippen molar-refractivity contribution in [3.05, 3.63) is 35.6 Å². The lowest BCUT2D eigenvalue weighted by atomic mass is 9.95. The number of amides is 1. The Labute approximate surface area is 125 Å². The van der Waals surface area contributed by atoms with Crippen LogP contribution >= 0.6 is 0 Å². The average molecular weight is 290 g/mol. The quantitative estimate of drug-likeness (QED) is 0.905. The van der Waals surface area contributed by atoms with Crippen molar-refractivity contribution in [3.63, 3.8) is 0 Å². The van der Waals surface area contributed by atoms with E-state index in [1.165, 1.54) is 44.2 Å². The second-order valence-corrected chi connectivity index (χ2v) is 6.14. The van der Waals surface area contributed by atoms with Crippen LogP contribution in [0.2, 0.25) is 0 Å². The van der Waals surface area contributed by atoms with Gasteiger partial charge in [0.25, 0.3) is 0 Å². The summed E-state index contributed by atoms with van der Waals surface area (Å²) in [5, 5.41) is 3.24. The standard InChI is InChI=1S/C17H23FN2O/c18-14-8-6-7-13(11-14)17-19-12-16(21)20(17)15-9-4-2-1-3-5-10-15/h6-8,11,15,17,19H,1-5,9-10,12H2. The van der Waals surface area contributed by atoms with Crippen LogP contribution in [0.15, 0.2) is 24.3 Å². The monoisotopic (exact) mass is 290 g/mol. The second-order valence-electron chi connectivity index (χ2n) is 6.14. The summed E-state index contributed by atoms with van der Waals surface area (Å²) in [6.07, 6.45) is 8.17. The third-order valence-corrected chi connectivity index (χ3v) is 4.65. The number of halogens is 1. The number of nitrogens with one attached hydrogen (secondary N) is 1. The van der Waals surface area contributed by atoms with Gasteiger partial charge < -0.3 is 4.90 Å². The highest BCUT2D eigenvalue weighted by Crippen LogP contribution is 2.30. The van der Waals surface area contributed by atoms with Crippen LogP contribution in [-0.4, -0.2) is 23.4 Å². The second kappa shape index (κ2) is 6.56. The minimum atomic E-state index is -0.244. The van der Waals surface area contributed by atoms with Gasteiger partial charge in [-0.15, -0.1) is 0 Å². The Balaban J connectivity index is 1.81. The molecular weight excluding hydrogens is 267 g/mol. The van der Waals surface area contributed by atoms with Gasteiger partial charge in [0, 0.05) is 6.04 Å². The molecule has 1 aliphatic carbocycles. The van der Waals surface area contributed by atoms with Crippen molar-refractivity contribution >= 4 is 5.91 Å². The zero-order valence-electron chi connectivity index (χ0n) is 12.4. The Hall–Kier alpha value is -1.42. The van der Waals surface area contributed by atoms with Gasteiger partial charge in [-0.05, 0) is 30.5 Å². The molecular formula is C17H23FN2O. The van der Waals surface area contributed by atoms with Gasteiger partial charge in [0.05, 0.1) is 6.54 Å². The highest BCUT2D eigenvalue weighted by atomic mass is 19.1. The lowest BCUT2D eigenvalue weighted by Crippen LogP contribution is -2.40. The molecule has 0 bridgehead atoms. The van der Waals surface area contributed by atoms with E-state index < -0.39 is 0 Å². The molecule has 2 aliphatic rings. The maximum Gasteiger partial charge on any atom is 0.238 e. The summed E-state index contributed by atoms with van der Waals surface area (Å²) in [4.78, 5) is 14.3. The molecule has 1 heterocycles. The fourth-order valence-corrected chi connectivity index (χ4v) is 3.60. The van der Waals surface area contributed by atoms with Crippen molar-refractivity contribution in [1.29, 1.82) is 0 Å². The molecule has 1 amide bonds. The van der Waals surface area contributed by atoms with Crippen LogP contribution in [0.5, 0.6) is 0 Å². The molecule has 1 atom stereocenters. The van der Waals surface area contributed by atoms with Gasteiger partial charge in [-0.25, -0.2) is 4.39 Å². The lowest BCUT2D eigenvalue weighted by Gasteiger charge is -2.34. The van der Waals surface area contributed by atoms with E-state index in [4.69, 9.17) is 0 Å². The summed E-state index contributed by atoms with van der Waals surface area (Å²) >= 11 is 0. The maximum atomic E-state index is 13.5. The molecule has 1 unspecified atom stereocenters. The highest BCUT2D eigenvalue weighted by Gasteiger charge is 2.36. The van der Waals surface area contributed by atoms with Crippen LogP contribution in [0.25, 0.3) is 0 Å². The van der Waals surface area contributed by atoms with E-state index in [1.54, 1.807) is 6.07 Å². The maximum absolute atomic E-state index is 13.5. The third kappa shape index (κ3) is 3.26. The first-order valence-corrected chi connectivity index (χ1v) is 8.06. The fraction of sp³-hybridized carbons (Fsp3) is 0.588. The molecule has 1 aromatic carbocycles. The lowest BCUT2D eigenvalue weighted by molar-refractivity contribution is -0.130. The van der Waals surface area contributed by atoms with Crippen LogP contribution < -0.4 is 5.32 Å². The first kappa shape index (κ1) is 14.5. The topological polar surface area (TPSA) is 32.3 Å². The minimum Gasteiger partial charge on any atom is -0.319 e. The van der Waals surface area contributed by atoms with E-state index in [0.717, 1.165) is 18.4 Å². The van der Waals surface area contributed by atoms with Crippen LogP contribution in [0.4, 0.5) is 4.39 Å². The van der Waals surface area contributed by atoms with Crippen molar-refractivity contribution in [3.8, 4) is 0 Å². The molecule has 1 aliphatic heterocycles. The normalized spacial score (nSPS) is 24.9. The average Bonchev–Trinajstić information content (AvgIpc) is 2.81. The van der Waals surface area contributed by atoms with Gasteiger partial charge in [-0.1, -0.05) is 44.2 Å². The van der Waals surface area contributed by atoms with Crippen LogP contribution in [0.3, 0.4) is 0 Å². The SMILES string of the molecule is O=C1CNC(c2cccc(F)c2)N1C1CCCCCCC1. The van der Waals surface area contributed by atoms with Gasteiger partial charge in [-0.2, -0.15) is 0 Å². The van der Waals surface area contributed by atoms with Crippen molar-refractivity contribution in [2.75, 3.05) is 6.54 Å². The minimum absolute atomic E-state index is 0.148. The van der Waals surface area contributed by atoms with Gasteiger partial charge in [0.1, 0.15) is 12.0 Å². The Morgan fingerprint density at radius 1 is 1.10 bits per heavy atom. The van der Waals surface area contributed by atoms with Gasteiger partial charge in [-0.3, -0.25) is 10.1 Å². The van der Waals surface area contributed by atoms with Crippen molar-refractivity contribution < 1.29 is 9.18 Å². The predicted molar refractivity (Wildman–Crippen MR) is 80.1 cm³/mol. The highest BCUT2D eigenvalue weighted by molar-refractivity contribution is 5.81. The summed E-state index contributed by atoms with van der Waals surface area (Å²) in [7, 11) is 0. The van der Waals surface area contributed by atoms with Crippen molar-refractivity contribution in [2.45, 2.75) is 57.2 Å². The molecule has 0 radical (unpaired) electrons. The molecule has 0 spiro atoms. The van der Waals surface area contributed by atoms with E-state index in [9.17, 15) is 9.18 Å². The summed E-state index contributed by atoms with van der Waals surface area (Å²) in [5.74, 6) is -0.0962. The first-order chi connectivity index (χ1) is 10.3. The number of hydrogen-bond donors (Lipinski definition) is 1. The number of carbonyl (C=O) groups excluding carboxylic acids is 1. The molecule has 1 saturated heterocycles. The van der Waals surface area contributed by atoms with Gasteiger partial charge >= 0.3 is 0 Å². The Kier molecular flexibility index (Phi) is 4.54. The number of benzene rings is 1. The predicted octanol–water partition coefficient (Wildman–Crippen LogP) is 3.37. The molecule has 1 saturated carbocycles. The van der Waals surface area contributed by atoms with Crippen LogP contribution in [0, 0.1) is 5.82 Å². The summed E-state index contributed by atoms with van der Waals surface area (Å²) < 4.78 is 13.5. The van der Waals surface area contributed by atoms with E-state index in [1.807, 2.05) is 11.0 Å². The van der Waals surface area contributed by atoms with Crippen molar-refractivity contribution in [1.82, 2.24) is 10.2 Å². The smallest absolute Gasteiger partial charge is 0.238 e. The van der Waals surface area contributed by atoms with Crippen LogP contribution in [0.1, 0.15) is 56.7 Å². The molecule has 3 rings (SSSR count). The van der Waals surface area contributed by atoms with E-state index in [0.29, 0.717) is 12.6 Å². The number of carbonyl (C=O) groups is 1. The molecule has 2 fully saturated rings. The van der Waals surface area contributed by atoms with E-state index in [-0.39, 0.29) is 17.9 Å². The molecule has 21 heavy (non-hydrogen) atoms. The zero-order valence-corrected chi connectivity index (χ0v) is 12.4.